The third kappa shape index (κ3) is 3.29. The van der Waals surface area contributed by atoms with E-state index in [9.17, 15) is 0 Å². The molecule has 0 fully saturated rings. The Morgan fingerprint density at radius 2 is 1.96 bits per heavy atom. The van der Waals surface area contributed by atoms with Gasteiger partial charge in [0.05, 0.1) is 24.0 Å². The first kappa shape index (κ1) is 17.0. The molecule has 0 atom stereocenters. The van der Waals surface area contributed by atoms with Gasteiger partial charge in [-0.2, -0.15) is 5.10 Å². The second kappa shape index (κ2) is 7.03. The molecule has 0 saturated heterocycles. The molecular formula is C18H17ClN6S. The molecule has 1 aliphatic heterocycles. The molecule has 0 amide bonds. The summed E-state index contributed by atoms with van der Waals surface area (Å²) in [6.07, 6.45) is 1.76. The predicted octanol–water partition coefficient (Wildman–Crippen LogP) is 3.31. The van der Waals surface area contributed by atoms with Crippen molar-refractivity contribution in [1.82, 2.24) is 25.9 Å². The molecule has 0 saturated carbocycles. The molecule has 8 heteroatoms. The lowest BCUT2D eigenvalue weighted by molar-refractivity contribution is 0.288. The number of thiol groups is 1. The zero-order valence-electron chi connectivity index (χ0n) is 14.0. The average Bonchev–Trinajstić information content (AvgIpc) is 3.22. The number of rotatable bonds is 4. The molecule has 1 aliphatic rings. The number of nitrogens with one attached hydrogen (secondary N) is 2. The van der Waals surface area contributed by atoms with Crippen LogP contribution in [0.5, 0.6) is 0 Å². The van der Waals surface area contributed by atoms with Crippen molar-refractivity contribution in [1.29, 1.82) is 0 Å². The molecule has 3 aromatic rings. The summed E-state index contributed by atoms with van der Waals surface area (Å²) in [4.78, 5) is 0. The second-order valence-corrected chi connectivity index (χ2v) is 6.86. The highest BCUT2D eigenvalue weighted by Gasteiger charge is 2.24. The number of hydrogen-bond acceptors (Lipinski definition) is 6. The fourth-order valence-corrected chi connectivity index (χ4v) is 3.29. The van der Waals surface area contributed by atoms with E-state index in [1.54, 1.807) is 10.9 Å². The topological polar surface area (TPSA) is 57.5 Å². The number of aromatic nitrogens is 2. The van der Waals surface area contributed by atoms with E-state index in [1.165, 1.54) is 11.1 Å². The minimum Gasteiger partial charge on any atom is -0.266 e. The third-order valence-corrected chi connectivity index (χ3v) is 4.76. The van der Waals surface area contributed by atoms with Crippen LogP contribution in [0.15, 0.2) is 64.9 Å². The minimum atomic E-state index is 0.660. The van der Waals surface area contributed by atoms with Gasteiger partial charge in [0.15, 0.2) is 5.84 Å². The van der Waals surface area contributed by atoms with Gasteiger partial charge in [0.25, 0.3) is 0 Å². The van der Waals surface area contributed by atoms with E-state index >= 15 is 0 Å². The zero-order valence-corrected chi connectivity index (χ0v) is 15.7. The molecule has 0 bridgehead atoms. The molecular weight excluding hydrogens is 368 g/mol. The molecule has 6 nitrogen and oxygen atoms in total. The summed E-state index contributed by atoms with van der Waals surface area (Å²) >= 11 is 10.6. The van der Waals surface area contributed by atoms with Crippen LogP contribution in [-0.2, 0) is 6.54 Å². The van der Waals surface area contributed by atoms with Crippen LogP contribution in [0.1, 0.15) is 16.7 Å². The Balaban J connectivity index is 1.61. The zero-order chi connectivity index (χ0) is 18.1. The van der Waals surface area contributed by atoms with E-state index < -0.39 is 0 Å². The number of hydrogen-bond donors (Lipinski definition) is 3. The van der Waals surface area contributed by atoms with Gasteiger partial charge in [-0.1, -0.05) is 41.4 Å². The molecule has 2 heterocycles. The van der Waals surface area contributed by atoms with Crippen LogP contribution in [0.25, 0.3) is 5.69 Å². The van der Waals surface area contributed by atoms with Crippen LogP contribution >= 0.6 is 24.2 Å². The van der Waals surface area contributed by atoms with Crippen molar-refractivity contribution in [2.75, 3.05) is 0 Å². The van der Waals surface area contributed by atoms with E-state index in [1.807, 2.05) is 35.3 Å². The van der Waals surface area contributed by atoms with E-state index in [4.69, 9.17) is 11.6 Å². The van der Waals surface area contributed by atoms with E-state index in [2.05, 4.69) is 59.0 Å². The van der Waals surface area contributed by atoms with Crippen LogP contribution in [-0.4, -0.2) is 20.6 Å². The first-order valence-corrected chi connectivity index (χ1v) is 8.89. The van der Waals surface area contributed by atoms with Gasteiger partial charge < -0.3 is 0 Å². The second-order valence-electron chi connectivity index (χ2n) is 6.00. The summed E-state index contributed by atoms with van der Waals surface area (Å²) < 4.78 is 1.75. The van der Waals surface area contributed by atoms with E-state index in [0.717, 1.165) is 17.1 Å². The molecule has 1 aromatic heterocycles. The Hall–Kier alpha value is -2.48. The summed E-state index contributed by atoms with van der Waals surface area (Å²) in [7, 11) is 0. The Labute approximate surface area is 161 Å². The van der Waals surface area contributed by atoms with Crippen LogP contribution < -0.4 is 11.1 Å². The smallest absolute Gasteiger partial charge is 0.177 e. The van der Waals surface area contributed by atoms with Gasteiger partial charge >= 0.3 is 0 Å². The number of nitrogens with zero attached hydrogens (tertiary/aromatic N) is 4. The first-order valence-electron chi connectivity index (χ1n) is 8.06. The maximum Gasteiger partial charge on any atom is 0.177 e. The van der Waals surface area contributed by atoms with Gasteiger partial charge in [-0.3, -0.25) is 5.01 Å². The molecule has 0 radical (unpaired) electrons. The Morgan fingerprint density at radius 3 is 2.73 bits per heavy atom. The maximum absolute atomic E-state index is 5.96. The monoisotopic (exact) mass is 384 g/mol. The van der Waals surface area contributed by atoms with Crippen LogP contribution in [0.2, 0.25) is 5.02 Å². The fourth-order valence-electron chi connectivity index (χ4n) is 2.84. The van der Waals surface area contributed by atoms with E-state index in [-0.39, 0.29) is 0 Å². The first-order chi connectivity index (χ1) is 12.6. The largest absolute Gasteiger partial charge is 0.266 e. The molecule has 0 aliphatic carbocycles. The van der Waals surface area contributed by atoms with Crippen molar-refractivity contribution in [3.8, 4) is 5.69 Å². The van der Waals surface area contributed by atoms with Crippen LogP contribution in [0.3, 0.4) is 0 Å². The van der Waals surface area contributed by atoms with Gasteiger partial charge in [0, 0.05) is 5.02 Å². The number of halogens is 1. The van der Waals surface area contributed by atoms with Gasteiger partial charge in [-0.15, -0.1) is 23.3 Å². The summed E-state index contributed by atoms with van der Waals surface area (Å²) in [6.45, 7) is 2.74. The molecule has 2 N–H and O–H groups in total. The highest BCUT2D eigenvalue weighted by Crippen LogP contribution is 2.22. The van der Waals surface area contributed by atoms with Crippen molar-refractivity contribution in [3.05, 3.63) is 76.4 Å². The van der Waals surface area contributed by atoms with Crippen LogP contribution in [0, 0.1) is 6.92 Å². The highest BCUT2D eigenvalue weighted by molar-refractivity contribution is 7.80. The lowest BCUT2D eigenvalue weighted by Gasteiger charge is -2.19. The Kier molecular flexibility index (Phi) is 4.58. The Bertz CT molecular complexity index is 966. The highest BCUT2D eigenvalue weighted by atomic mass is 35.5. The lowest BCUT2D eigenvalue weighted by Crippen LogP contribution is -2.40. The molecule has 132 valence electrons. The number of hydrazine groups is 2. The lowest BCUT2D eigenvalue weighted by atomic mass is 10.1. The van der Waals surface area contributed by atoms with Gasteiger partial charge in [-0.25, -0.2) is 10.2 Å². The molecule has 0 unspecified atom stereocenters. The Morgan fingerprint density at radius 1 is 1.15 bits per heavy atom. The predicted molar refractivity (Wildman–Crippen MR) is 105 cm³/mol. The molecule has 0 spiro atoms. The maximum atomic E-state index is 5.96. The standard InChI is InChI=1S/C18H17ClN6S/c1-12-3-2-4-13(9-12)11-24-17(21-22-23-24)16-10-20-25(18(16)26)15-7-5-14(19)6-8-15/h2-10,22-23,26H,11H2,1H3. The van der Waals surface area contributed by atoms with Crippen molar-refractivity contribution in [2.24, 2.45) is 5.10 Å². The van der Waals surface area contributed by atoms with Gasteiger partial charge in [0.1, 0.15) is 5.03 Å². The number of hydrazone groups is 1. The van der Waals surface area contributed by atoms with Gasteiger partial charge in [-0.05, 0) is 36.8 Å². The fraction of sp³-hybridized carbons (Fsp3) is 0.111. The summed E-state index contributed by atoms with van der Waals surface area (Å²) in [6, 6.07) is 15.8. The number of benzene rings is 2. The van der Waals surface area contributed by atoms with E-state index in [0.29, 0.717) is 16.6 Å². The SMILES string of the molecule is Cc1cccc(CN2NNN=C2c2cnn(-c3ccc(Cl)cc3)c2S)c1. The molecule has 2 aromatic carbocycles. The summed E-state index contributed by atoms with van der Waals surface area (Å²) in [5.41, 5.74) is 9.98. The quantitative estimate of drug-likeness (QED) is 0.604. The van der Waals surface area contributed by atoms with Crippen molar-refractivity contribution >= 4 is 30.1 Å². The summed E-state index contributed by atoms with van der Waals surface area (Å²) in [5, 5.41) is 12.1. The molecule has 26 heavy (non-hydrogen) atoms. The van der Waals surface area contributed by atoms with Crippen molar-refractivity contribution in [2.45, 2.75) is 18.5 Å². The van der Waals surface area contributed by atoms with Gasteiger partial charge in [0.2, 0.25) is 0 Å². The molecule has 4 rings (SSSR count). The minimum absolute atomic E-state index is 0.660. The average molecular weight is 385 g/mol. The number of amidine groups is 1. The van der Waals surface area contributed by atoms with Crippen molar-refractivity contribution < 1.29 is 0 Å². The normalized spacial score (nSPS) is 13.7. The third-order valence-electron chi connectivity index (χ3n) is 4.08. The number of aryl methyl sites for hydroxylation is 1. The summed E-state index contributed by atoms with van der Waals surface area (Å²) in [5.74, 6) is 0.733. The van der Waals surface area contributed by atoms with Crippen LogP contribution in [0.4, 0.5) is 0 Å². The van der Waals surface area contributed by atoms with Crippen molar-refractivity contribution in [3.63, 3.8) is 0 Å².